The molecule has 0 radical (unpaired) electrons. The predicted octanol–water partition coefficient (Wildman–Crippen LogP) is 11.6. The molecule has 0 saturated carbocycles. The lowest BCUT2D eigenvalue weighted by Gasteiger charge is -2.10. The number of aromatic nitrogens is 5. The molecule has 5 aromatic heterocycles. The Morgan fingerprint density at radius 3 is 2.02 bits per heavy atom. The van der Waals surface area contributed by atoms with E-state index in [0.717, 1.165) is 71.0 Å². The standard InChI is InChI=1S/C44H25N5OS/c1-2-12-26(13-3-1)41-46-42(32-18-10-24-37-38(32)31-15-5-7-23-36(31)50-37)48-43(47-41)33-19-8-16-28-29-17-9-22-35(40(29)51-39(28)33)49-34-21-6-4-14-27(34)30-20-11-25-45-44(30)49/h1-25H. The Hall–Kier alpha value is -6.70. The zero-order valence-corrected chi connectivity index (χ0v) is 27.8. The van der Waals surface area contributed by atoms with Crippen LogP contribution in [0.2, 0.25) is 0 Å². The summed E-state index contributed by atoms with van der Waals surface area (Å²) in [6, 6.07) is 50.0. The largest absolute Gasteiger partial charge is 0.456 e. The van der Waals surface area contributed by atoms with Gasteiger partial charge < -0.3 is 4.42 Å². The molecule has 0 atom stereocenters. The second kappa shape index (κ2) is 10.9. The lowest BCUT2D eigenvalue weighted by molar-refractivity contribution is 0.669. The van der Waals surface area contributed by atoms with Gasteiger partial charge in [-0.15, -0.1) is 11.3 Å². The minimum absolute atomic E-state index is 0.603. The van der Waals surface area contributed by atoms with E-state index in [1.54, 1.807) is 11.3 Å². The normalized spacial score (nSPS) is 11.9. The van der Waals surface area contributed by atoms with E-state index >= 15 is 0 Å². The first-order valence-corrected chi connectivity index (χ1v) is 17.6. The van der Waals surface area contributed by atoms with E-state index in [1.807, 2.05) is 72.9 Å². The first kappa shape index (κ1) is 28.2. The quantitative estimate of drug-likeness (QED) is 0.186. The van der Waals surface area contributed by atoms with Crippen molar-refractivity contribution in [2.75, 3.05) is 0 Å². The van der Waals surface area contributed by atoms with Gasteiger partial charge in [0, 0.05) is 59.9 Å². The molecule has 5 heterocycles. The fourth-order valence-electron chi connectivity index (χ4n) is 7.49. The third kappa shape index (κ3) is 4.22. The Morgan fingerprint density at radius 2 is 1.12 bits per heavy atom. The molecule has 0 aliphatic carbocycles. The summed E-state index contributed by atoms with van der Waals surface area (Å²) in [6.07, 6.45) is 1.87. The van der Waals surface area contributed by atoms with Gasteiger partial charge in [0.1, 0.15) is 16.8 Å². The second-order valence-electron chi connectivity index (χ2n) is 12.6. The van der Waals surface area contributed by atoms with Crippen molar-refractivity contribution in [3.63, 3.8) is 0 Å². The van der Waals surface area contributed by atoms with Crippen LogP contribution in [0, 0.1) is 0 Å². The fourth-order valence-corrected chi connectivity index (χ4v) is 8.80. The molecule has 0 fully saturated rings. The van der Waals surface area contributed by atoms with Gasteiger partial charge in [-0.2, -0.15) is 0 Å². The lowest BCUT2D eigenvalue weighted by atomic mass is 10.0. The summed E-state index contributed by atoms with van der Waals surface area (Å²) in [6.45, 7) is 0. The van der Waals surface area contributed by atoms with Gasteiger partial charge in [-0.05, 0) is 42.5 Å². The number of furan rings is 1. The van der Waals surface area contributed by atoms with Crippen molar-refractivity contribution in [3.8, 4) is 39.9 Å². The molecule has 51 heavy (non-hydrogen) atoms. The Balaban J connectivity index is 1.18. The number of para-hydroxylation sites is 2. The van der Waals surface area contributed by atoms with Crippen LogP contribution in [-0.2, 0) is 0 Å². The fraction of sp³-hybridized carbons (Fsp3) is 0. The third-order valence-corrected chi connectivity index (χ3v) is 11.0. The van der Waals surface area contributed by atoms with E-state index < -0.39 is 0 Å². The predicted molar refractivity (Wildman–Crippen MR) is 208 cm³/mol. The first-order chi connectivity index (χ1) is 25.3. The van der Waals surface area contributed by atoms with E-state index in [0.29, 0.717) is 17.5 Å². The molecule has 11 aromatic rings. The minimum atomic E-state index is 0.603. The summed E-state index contributed by atoms with van der Waals surface area (Å²) in [7, 11) is 0. The number of hydrogen-bond acceptors (Lipinski definition) is 6. The number of hydrogen-bond donors (Lipinski definition) is 0. The number of fused-ring (bicyclic) bond motifs is 9. The van der Waals surface area contributed by atoms with Crippen molar-refractivity contribution < 1.29 is 4.42 Å². The molecule has 0 bridgehead atoms. The molecule has 6 nitrogen and oxygen atoms in total. The maximum absolute atomic E-state index is 6.26. The second-order valence-corrected chi connectivity index (χ2v) is 13.6. The van der Waals surface area contributed by atoms with E-state index in [4.69, 9.17) is 24.4 Å². The van der Waals surface area contributed by atoms with Gasteiger partial charge >= 0.3 is 0 Å². The number of pyridine rings is 1. The molecule has 11 rings (SSSR count). The monoisotopic (exact) mass is 671 g/mol. The van der Waals surface area contributed by atoms with E-state index in [-0.39, 0.29) is 0 Å². The molecule has 0 unspecified atom stereocenters. The van der Waals surface area contributed by atoms with Crippen molar-refractivity contribution >= 4 is 75.4 Å². The number of thiophene rings is 1. The number of nitrogens with zero attached hydrogens (tertiary/aromatic N) is 5. The van der Waals surface area contributed by atoms with E-state index in [1.165, 1.54) is 15.5 Å². The molecule has 0 aliphatic heterocycles. The van der Waals surface area contributed by atoms with Gasteiger partial charge in [-0.3, -0.25) is 4.57 Å². The van der Waals surface area contributed by atoms with Crippen LogP contribution < -0.4 is 0 Å². The highest BCUT2D eigenvalue weighted by Crippen LogP contribution is 2.44. The Labute approximate surface area is 294 Å². The van der Waals surface area contributed by atoms with Crippen LogP contribution in [0.25, 0.3) is 104 Å². The lowest BCUT2D eigenvalue weighted by Crippen LogP contribution is -2.00. The van der Waals surface area contributed by atoms with Crippen molar-refractivity contribution in [3.05, 3.63) is 152 Å². The number of rotatable bonds is 4. The summed E-state index contributed by atoms with van der Waals surface area (Å²) >= 11 is 1.77. The smallest absolute Gasteiger partial charge is 0.165 e. The van der Waals surface area contributed by atoms with Gasteiger partial charge in [0.2, 0.25) is 0 Å². The van der Waals surface area contributed by atoms with Crippen molar-refractivity contribution in [2.45, 2.75) is 0 Å². The molecule has 7 heteroatoms. The van der Waals surface area contributed by atoms with Gasteiger partial charge in [-0.25, -0.2) is 19.9 Å². The highest BCUT2D eigenvalue weighted by Gasteiger charge is 2.21. The van der Waals surface area contributed by atoms with Crippen LogP contribution in [0.1, 0.15) is 0 Å². The molecule has 6 aromatic carbocycles. The topological polar surface area (TPSA) is 69.6 Å². The average Bonchev–Trinajstić information content (AvgIpc) is 3.88. The summed E-state index contributed by atoms with van der Waals surface area (Å²) in [5, 5.41) is 6.70. The molecule has 0 aliphatic rings. The zero-order chi connectivity index (χ0) is 33.5. The van der Waals surface area contributed by atoms with Crippen LogP contribution in [0.5, 0.6) is 0 Å². The minimum Gasteiger partial charge on any atom is -0.456 e. The molecule has 0 amide bonds. The van der Waals surface area contributed by atoms with Gasteiger partial charge in [-0.1, -0.05) is 103 Å². The van der Waals surface area contributed by atoms with Crippen molar-refractivity contribution in [1.82, 2.24) is 24.5 Å². The highest BCUT2D eigenvalue weighted by molar-refractivity contribution is 7.26. The summed E-state index contributed by atoms with van der Waals surface area (Å²) in [5.74, 6) is 1.85. The number of benzene rings is 6. The van der Waals surface area contributed by atoms with Crippen molar-refractivity contribution in [1.29, 1.82) is 0 Å². The molecular formula is C44H25N5OS. The Kier molecular flexibility index (Phi) is 6.02. The Morgan fingerprint density at radius 1 is 0.471 bits per heavy atom. The summed E-state index contributed by atoms with van der Waals surface area (Å²) in [5.41, 5.74) is 7.61. The molecular weight excluding hydrogens is 647 g/mol. The summed E-state index contributed by atoms with van der Waals surface area (Å²) in [4.78, 5) is 20.3. The third-order valence-electron chi connectivity index (χ3n) is 9.73. The summed E-state index contributed by atoms with van der Waals surface area (Å²) < 4.78 is 10.9. The highest BCUT2D eigenvalue weighted by atomic mass is 32.1. The maximum atomic E-state index is 6.26. The van der Waals surface area contributed by atoms with Gasteiger partial charge in [0.15, 0.2) is 17.5 Å². The van der Waals surface area contributed by atoms with E-state index in [9.17, 15) is 0 Å². The van der Waals surface area contributed by atoms with Crippen LogP contribution in [0.4, 0.5) is 0 Å². The molecule has 0 saturated heterocycles. The maximum Gasteiger partial charge on any atom is 0.165 e. The van der Waals surface area contributed by atoms with Crippen LogP contribution in [0.15, 0.2) is 156 Å². The van der Waals surface area contributed by atoms with Crippen LogP contribution >= 0.6 is 11.3 Å². The van der Waals surface area contributed by atoms with Crippen LogP contribution in [-0.4, -0.2) is 24.5 Å². The first-order valence-electron chi connectivity index (χ1n) is 16.8. The van der Waals surface area contributed by atoms with Crippen molar-refractivity contribution in [2.24, 2.45) is 0 Å². The molecule has 0 spiro atoms. The molecule has 0 N–H and O–H groups in total. The van der Waals surface area contributed by atoms with Crippen LogP contribution in [0.3, 0.4) is 0 Å². The SMILES string of the molecule is c1ccc(-c2nc(-c3cccc4c3sc3c(-n5c6ccccc6c6cccnc65)cccc34)nc(-c3cccc4oc5ccccc5c34)n2)cc1. The van der Waals surface area contributed by atoms with Gasteiger partial charge in [0.25, 0.3) is 0 Å². The molecule has 238 valence electrons. The Bertz CT molecular complexity index is 3100. The zero-order valence-electron chi connectivity index (χ0n) is 27.0. The average molecular weight is 672 g/mol. The van der Waals surface area contributed by atoms with Gasteiger partial charge in [0.05, 0.1) is 15.9 Å². The van der Waals surface area contributed by atoms with E-state index in [2.05, 4.69) is 83.4 Å².